The van der Waals surface area contributed by atoms with Crippen molar-refractivity contribution in [2.24, 2.45) is 5.92 Å². The van der Waals surface area contributed by atoms with Gasteiger partial charge in [-0.1, -0.05) is 70.0 Å². The molecule has 1 aliphatic carbocycles. The summed E-state index contributed by atoms with van der Waals surface area (Å²) in [4.78, 5) is 28.8. The summed E-state index contributed by atoms with van der Waals surface area (Å²) in [5.41, 5.74) is 2.96. The maximum absolute atomic E-state index is 13.7. The number of halogens is 1. The van der Waals surface area contributed by atoms with Gasteiger partial charge >= 0.3 is 0 Å². The van der Waals surface area contributed by atoms with Crippen LogP contribution in [0.2, 0.25) is 0 Å². The van der Waals surface area contributed by atoms with Crippen LogP contribution in [0.1, 0.15) is 39.0 Å². The molecule has 31 heavy (non-hydrogen) atoms. The molecule has 3 aromatic carbocycles. The standard InChI is InChI=1S/C26H22BrNO3/c1-16-6-8-17(9-7-16)15-28-23-13-11-19(27)14-22(23)26(31,25(28)30)21-12-10-18-4-2-3-5-20(18)24(21)29/h2-9,11,13-14,21,31H,10,12,15H2,1H3. The zero-order chi connectivity index (χ0) is 21.8. The molecule has 1 amide bonds. The first-order valence-corrected chi connectivity index (χ1v) is 11.2. The highest BCUT2D eigenvalue weighted by Crippen LogP contribution is 2.49. The summed E-state index contributed by atoms with van der Waals surface area (Å²) in [7, 11) is 0. The lowest BCUT2D eigenvalue weighted by molar-refractivity contribution is -0.140. The van der Waals surface area contributed by atoms with Crippen molar-refractivity contribution in [2.75, 3.05) is 4.90 Å². The molecule has 3 aromatic rings. The smallest absolute Gasteiger partial charge is 0.264 e. The lowest BCUT2D eigenvalue weighted by atomic mass is 9.71. The summed E-state index contributed by atoms with van der Waals surface area (Å²) in [5, 5.41) is 11.9. The Balaban J connectivity index is 1.59. The Morgan fingerprint density at radius 2 is 1.81 bits per heavy atom. The Morgan fingerprint density at radius 3 is 2.58 bits per heavy atom. The normalized spacial score (nSPS) is 22.4. The number of aryl methyl sites for hydroxylation is 2. The van der Waals surface area contributed by atoms with Gasteiger partial charge in [0.25, 0.3) is 5.91 Å². The fourth-order valence-electron chi connectivity index (χ4n) is 4.85. The number of nitrogens with zero attached hydrogens (tertiary/aromatic N) is 1. The molecule has 5 rings (SSSR count). The summed E-state index contributed by atoms with van der Waals surface area (Å²) in [6.45, 7) is 2.36. The van der Waals surface area contributed by atoms with Gasteiger partial charge in [0.1, 0.15) is 0 Å². The predicted molar refractivity (Wildman–Crippen MR) is 123 cm³/mol. The van der Waals surface area contributed by atoms with E-state index in [4.69, 9.17) is 0 Å². The van der Waals surface area contributed by atoms with Crippen LogP contribution in [0.5, 0.6) is 0 Å². The highest BCUT2D eigenvalue weighted by atomic mass is 79.9. The Morgan fingerprint density at radius 1 is 1.06 bits per heavy atom. The number of fused-ring (bicyclic) bond motifs is 2. The number of aliphatic hydroxyl groups is 1. The van der Waals surface area contributed by atoms with Gasteiger partial charge in [0.05, 0.1) is 18.2 Å². The van der Waals surface area contributed by atoms with Gasteiger partial charge in [-0.05, 0) is 49.1 Å². The molecule has 1 N–H and O–H groups in total. The van der Waals surface area contributed by atoms with E-state index < -0.39 is 17.4 Å². The van der Waals surface area contributed by atoms with Crippen molar-refractivity contribution >= 4 is 33.3 Å². The minimum atomic E-state index is -1.88. The van der Waals surface area contributed by atoms with E-state index in [2.05, 4.69) is 15.9 Å². The summed E-state index contributed by atoms with van der Waals surface area (Å²) < 4.78 is 0.762. The molecular weight excluding hydrogens is 454 g/mol. The van der Waals surface area contributed by atoms with Crippen LogP contribution in [-0.2, 0) is 23.4 Å². The summed E-state index contributed by atoms with van der Waals surface area (Å²) in [5.74, 6) is -1.41. The molecular formula is C26H22BrNO3. The van der Waals surface area contributed by atoms with Crippen LogP contribution in [0.3, 0.4) is 0 Å². The first-order valence-electron chi connectivity index (χ1n) is 10.4. The molecule has 0 fully saturated rings. The molecule has 1 aliphatic heterocycles. The number of rotatable bonds is 3. The number of anilines is 1. The molecule has 0 saturated carbocycles. The zero-order valence-electron chi connectivity index (χ0n) is 17.1. The van der Waals surface area contributed by atoms with Crippen molar-refractivity contribution < 1.29 is 14.7 Å². The zero-order valence-corrected chi connectivity index (χ0v) is 18.7. The molecule has 5 heteroatoms. The van der Waals surface area contributed by atoms with Crippen LogP contribution in [-0.4, -0.2) is 16.8 Å². The fraction of sp³-hybridized carbons (Fsp3) is 0.231. The third kappa shape index (κ3) is 3.15. The SMILES string of the molecule is Cc1ccc(CN2C(=O)C(O)(C3CCc4ccccc4C3=O)c3cc(Br)ccc32)cc1. The van der Waals surface area contributed by atoms with E-state index >= 15 is 0 Å². The number of hydrogen-bond donors (Lipinski definition) is 1. The second-order valence-corrected chi connectivity index (χ2v) is 9.33. The van der Waals surface area contributed by atoms with Crippen molar-refractivity contribution in [3.63, 3.8) is 0 Å². The van der Waals surface area contributed by atoms with Crippen LogP contribution >= 0.6 is 15.9 Å². The number of Topliss-reactive ketones (excluding diaryl/α,β-unsaturated/α-hetero) is 1. The molecule has 0 saturated heterocycles. The van der Waals surface area contributed by atoms with Gasteiger partial charge in [0.15, 0.2) is 11.4 Å². The van der Waals surface area contributed by atoms with Crippen LogP contribution in [0.15, 0.2) is 71.2 Å². The molecule has 156 valence electrons. The van der Waals surface area contributed by atoms with Gasteiger partial charge in [-0.25, -0.2) is 0 Å². The first-order chi connectivity index (χ1) is 14.9. The number of amides is 1. The Kier molecular flexibility index (Phi) is 4.83. The Bertz CT molecular complexity index is 1200. The van der Waals surface area contributed by atoms with Gasteiger partial charge in [-0.2, -0.15) is 0 Å². The quantitative estimate of drug-likeness (QED) is 0.583. The summed E-state index contributed by atoms with van der Waals surface area (Å²) >= 11 is 3.47. The van der Waals surface area contributed by atoms with Gasteiger partial charge in [0.2, 0.25) is 0 Å². The van der Waals surface area contributed by atoms with Crippen molar-refractivity contribution in [1.29, 1.82) is 0 Å². The van der Waals surface area contributed by atoms with Crippen molar-refractivity contribution in [3.8, 4) is 0 Å². The molecule has 2 atom stereocenters. The molecule has 0 aromatic heterocycles. The summed E-state index contributed by atoms with van der Waals surface area (Å²) in [6, 6.07) is 20.9. The average Bonchev–Trinajstić information content (AvgIpc) is 2.98. The summed E-state index contributed by atoms with van der Waals surface area (Å²) in [6.07, 6.45) is 1.09. The molecule has 2 aliphatic rings. The Hall–Kier alpha value is -2.76. The molecule has 0 bridgehead atoms. The monoisotopic (exact) mass is 475 g/mol. The molecule has 4 nitrogen and oxygen atoms in total. The van der Waals surface area contributed by atoms with Gasteiger partial charge < -0.3 is 10.0 Å². The molecule has 1 heterocycles. The highest BCUT2D eigenvalue weighted by Gasteiger charge is 2.57. The van der Waals surface area contributed by atoms with E-state index in [1.807, 2.05) is 61.5 Å². The first kappa shape index (κ1) is 20.2. The van der Waals surface area contributed by atoms with Crippen LogP contribution in [0.4, 0.5) is 5.69 Å². The van der Waals surface area contributed by atoms with E-state index in [9.17, 15) is 14.7 Å². The average molecular weight is 476 g/mol. The molecule has 0 radical (unpaired) electrons. The van der Waals surface area contributed by atoms with Crippen molar-refractivity contribution in [1.82, 2.24) is 0 Å². The maximum Gasteiger partial charge on any atom is 0.264 e. The van der Waals surface area contributed by atoms with E-state index in [1.54, 1.807) is 17.0 Å². The van der Waals surface area contributed by atoms with Crippen LogP contribution in [0, 0.1) is 12.8 Å². The lowest BCUT2D eigenvalue weighted by Crippen LogP contribution is -2.49. The van der Waals surface area contributed by atoms with Crippen LogP contribution in [0.25, 0.3) is 0 Å². The topological polar surface area (TPSA) is 57.6 Å². The lowest BCUT2D eigenvalue weighted by Gasteiger charge is -2.34. The van der Waals surface area contributed by atoms with E-state index in [0.717, 1.165) is 21.2 Å². The third-order valence-electron chi connectivity index (χ3n) is 6.50. The largest absolute Gasteiger partial charge is 0.375 e. The third-order valence-corrected chi connectivity index (χ3v) is 6.99. The fourth-order valence-corrected chi connectivity index (χ4v) is 5.21. The minimum Gasteiger partial charge on any atom is -0.375 e. The minimum absolute atomic E-state index is 0.166. The van der Waals surface area contributed by atoms with Crippen molar-refractivity contribution in [3.05, 3.63) is 99.0 Å². The highest BCUT2D eigenvalue weighted by molar-refractivity contribution is 9.10. The van der Waals surface area contributed by atoms with E-state index in [0.29, 0.717) is 36.2 Å². The molecule has 0 spiro atoms. The second-order valence-electron chi connectivity index (χ2n) is 8.42. The van der Waals surface area contributed by atoms with E-state index in [-0.39, 0.29) is 5.78 Å². The van der Waals surface area contributed by atoms with E-state index in [1.165, 1.54) is 0 Å². The number of carbonyl (C=O) groups is 2. The van der Waals surface area contributed by atoms with Gasteiger partial charge in [-0.15, -0.1) is 0 Å². The number of carbonyl (C=O) groups excluding carboxylic acids is 2. The number of hydrogen-bond acceptors (Lipinski definition) is 3. The molecule has 2 unspecified atom stereocenters. The Labute approximate surface area is 189 Å². The maximum atomic E-state index is 13.7. The van der Waals surface area contributed by atoms with Crippen LogP contribution < -0.4 is 4.90 Å². The van der Waals surface area contributed by atoms with Crippen molar-refractivity contribution in [2.45, 2.75) is 31.9 Å². The predicted octanol–water partition coefficient (Wildman–Crippen LogP) is 4.94. The second kappa shape index (κ2) is 7.43. The van der Waals surface area contributed by atoms with Gasteiger partial charge in [0, 0.05) is 15.6 Å². The van der Waals surface area contributed by atoms with Gasteiger partial charge in [-0.3, -0.25) is 9.59 Å². The number of benzene rings is 3. The number of ketones is 1.